The number of carboxylic acids is 2. The molecule has 2 heterocycles. The quantitative estimate of drug-likeness (QED) is 0.117. The number of rotatable bonds is 6. The molecule has 45 heavy (non-hydrogen) atoms. The third kappa shape index (κ3) is 10.8. The standard InChI is InChI=1S/C15H12F2N4O3.C10H4Cl5N3O2.Na/c1-8(13-12(14(22)23)3-2-4-18-13)20-21-15(24)19-11-6-9(16)5-10(17)7-11;11-4-1-2-6(5(12)3-4)18-9(10(13,14)15)16-7(17-18)8(19)20;/h2-7H,1H3,(H,22,23)(H2,19,21,24);1-3H,(H,19,20);/q;;+1/p-1/b20-8+;;. The number of hydrazone groups is 1. The summed E-state index contributed by atoms with van der Waals surface area (Å²) < 4.78 is 25.1. The number of benzene rings is 2. The molecule has 2 aromatic heterocycles. The van der Waals surface area contributed by atoms with Crippen LogP contribution in [-0.2, 0) is 3.79 Å². The minimum absolute atomic E-state index is 0. The number of aromatic carboxylic acids is 2. The second-order valence-corrected chi connectivity index (χ2v) is 11.3. The van der Waals surface area contributed by atoms with Crippen LogP contribution >= 0.6 is 58.0 Å². The van der Waals surface area contributed by atoms with E-state index in [-0.39, 0.29) is 68.7 Å². The van der Waals surface area contributed by atoms with Crippen LogP contribution in [0.2, 0.25) is 10.0 Å². The Morgan fingerprint density at radius 2 is 1.69 bits per heavy atom. The predicted molar refractivity (Wildman–Crippen MR) is 157 cm³/mol. The van der Waals surface area contributed by atoms with Crippen molar-refractivity contribution in [3.8, 4) is 5.69 Å². The Labute approximate surface area is 299 Å². The molecule has 3 N–H and O–H groups in total. The molecule has 0 saturated heterocycles. The second-order valence-electron chi connectivity index (χ2n) is 8.18. The zero-order valence-corrected chi connectivity index (χ0v) is 28.4. The minimum atomic E-state index is -1.97. The minimum Gasteiger partial charge on any atom is -0.545 e. The van der Waals surface area contributed by atoms with Gasteiger partial charge in [-0.2, -0.15) is 5.10 Å². The van der Waals surface area contributed by atoms with E-state index in [9.17, 15) is 28.3 Å². The number of carboxylic acid groups (broad SMARTS) is 2. The number of aromatic nitrogens is 4. The van der Waals surface area contributed by atoms with E-state index in [1.807, 2.05) is 0 Å². The first-order chi connectivity index (χ1) is 20.6. The summed E-state index contributed by atoms with van der Waals surface area (Å²) in [7, 11) is 0. The molecule has 0 unspecified atom stereocenters. The van der Waals surface area contributed by atoms with E-state index in [1.165, 1.54) is 43.5 Å². The Hall–Kier alpha value is -3.08. The molecule has 0 radical (unpaired) electrons. The van der Waals surface area contributed by atoms with Gasteiger partial charge in [0.15, 0.2) is 5.82 Å². The summed E-state index contributed by atoms with van der Waals surface area (Å²) in [5.74, 6) is -5.20. The van der Waals surface area contributed by atoms with Crippen molar-refractivity contribution in [1.29, 1.82) is 0 Å². The molecule has 0 saturated carbocycles. The van der Waals surface area contributed by atoms with Crippen LogP contribution in [0, 0.1) is 11.6 Å². The topological polar surface area (TPSA) is 175 Å². The molecule has 4 aromatic rings. The normalized spacial score (nSPS) is 11.1. The van der Waals surface area contributed by atoms with E-state index in [1.54, 1.807) is 0 Å². The molecule has 2 aromatic carbocycles. The van der Waals surface area contributed by atoms with Crippen LogP contribution in [0.15, 0.2) is 59.8 Å². The first kappa shape index (κ1) is 38.1. The average molecular weight is 732 g/mol. The van der Waals surface area contributed by atoms with Crippen LogP contribution in [0.5, 0.6) is 0 Å². The summed E-state index contributed by atoms with van der Waals surface area (Å²) in [6.07, 6.45) is 1.36. The monoisotopic (exact) mass is 729 g/mol. The van der Waals surface area contributed by atoms with Gasteiger partial charge >= 0.3 is 41.6 Å². The van der Waals surface area contributed by atoms with Crippen LogP contribution < -0.4 is 45.4 Å². The summed E-state index contributed by atoms with van der Waals surface area (Å²) in [6, 6.07) is 8.82. The number of alkyl halides is 3. The maximum absolute atomic E-state index is 13.0. The van der Waals surface area contributed by atoms with Gasteiger partial charge in [-0.05, 0) is 49.4 Å². The molecule has 0 aliphatic rings. The summed E-state index contributed by atoms with van der Waals surface area (Å²) in [5, 5.41) is 30.2. The number of urea groups is 1. The van der Waals surface area contributed by atoms with Crippen molar-refractivity contribution in [1.82, 2.24) is 25.2 Å². The third-order valence-electron chi connectivity index (χ3n) is 5.01. The number of nitrogens with zero attached hydrogens (tertiary/aromatic N) is 5. The number of pyridine rings is 1. The molecule has 12 nitrogen and oxygen atoms in total. The molecule has 0 spiro atoms. The van der Waals surface area contributed by atoms with Crippen molar-refractivity contribution in [2.75, 3.05) is 5.32 Å². The molecule has 4 rings (SSSR count). The Bertz CT molecular complexity index is 1750. The summed E-state index contributed by atoms with van der Waals surface area (Å²) in [5.41, 5.74) is 2.20. The number of anilines is 1. The van der Waals surface area contributed by atoms with Gasteiger partial charge in [0.25, 0.3) is 5.82 Å². The van der Waals surface area contributed by atoms with E-state index in [4.69, 9.17) is 63.1 Å². The van der Waals surface area contributed by atoms with E-state index in [2.05, 4.69) is 30.9 Å². The molecule has 230 valence electrons. The molecule has 0 aliphatic heterocycles. The number of halogens is 7. The van der Waals surface area contributed by atoms with Crippen molar-refractivity contribution in [2.24, 2.45) is 5.10 Å². The zero-order chi connectivity index (χ0) is 32.8. The van der Waals surface area contributed by atoms with E-state index in [0.29, 0.717) is 11.1 Å². The first-order valence-electron chi connectivity index (χ1n) is 11.5. The Kier molecular flexibility index (Phi) is 13.9. The fourth-order valence-electron chi connectivity index (χ4n) is 3.24. The van der Waals surface area contributed by atoms with Gasteiger partial charge in [0.1, 0.15) is 11.6 Å². The fraction of sp³-hybridized carbons (Fsp3) is 0.0800. The summed E-state index contributed by atoms with van der Waals surface area (Å²) in [6.45, 7) is 1.43. The van der Waals surface area contributed by atoms with Gasteiger partial charge in [-0.1, -0.05) is 58.0 Å². The molecule has 20 heteroatoms. The Balaban J connectivity index is 0.000000311. The Morgan fingerprint density at radius 1 is 1.04 bits per heavy atom. The summed E-state index contributed by atoms with van der Waals surface area (Å²) in [4.78, 5) is 41.1. The second kappa shape index (κ2) is 16.5. The van der Waals surface area contributed by atoms with Gasteiger partial charge < -0.3 is 20.3 Å². The van der Waals surface area contributed by atoms with Crippen molar-refractivity contribution >= 4 is 87.4 Å². The molecular weight excluding hydrogens is 717 g/mol. The largest absolute Gasteiger partial charge is 1.00 e. The van der Waals surface area contributed by atoms with E-state index < -0.39 is 39.2 Å². The number of hydrogen-bond donors (Lipinski definition) is 3. The number of hydrogen-bond acceptors (Lipinski definition) is 8. The van der Waals surface area contributed by atoms with Crippen molar-refractivity contribution in [2.45, 2.75) is 10.7 Å². The summed E-state index contributed by atoms with van der Waals surface area (Å²) >= 11 is 29.1. The number of carbonyl (C=O) groups excluding carboxylic acids is 2. The number of nitrogens with one attached hydrogen (secondary N) is 2. The van der Waals surface area contributed by atoms with Gasteiger partial charge in [-0.25, -0.2) is 33.5 Å². The van der Waals surface area contributed by atoms with E-state index in [0.717, 1.165) is 16.8 Å². The van der Waals surface area contributed by atoms with Crippen LogP contribution in [0.25, 0.3) is 5.69 Å². The number of carbonyl (C=O) groups is 3. The average Bonchev–Trinajstić information content (AvgIpc) is 3.38. The maximum atomic E-state index is 13.0. The molecule has 0 aliphatic carbocycles. The van der Waals surface area contributed by atoms with Crippen LogP contribution in [0.1, 0.15) is 39.4 Å². The molecule has 0 bridgehead atoms. The molecule has 0 atom stereocenters. The zero-order valence-electron chi connectivity index (χ0n) is 22.7. The SMILES string of the molecule is C/C(=N\NC(=O)Nc1cc(F)cc(F)c1)c1ncccc1C(=O)[O-].O=C(O)c1nc(C(Cl)(Cl)Cl)n(-c2ccc(Cl)cc2Cl)n1.[Na+]. The van der Waals surface area contributed by atoms with Gasteiger partial charge in [-0.15, -0.1) is 5.10 Å². The van der Waals surface area contributed by atoms with Gasteiger partial charge in [-0.3, -0.25) is 4.98 Å². The van der Waals surface area contributed by atoms with E-state index >= 15 is 0 Å². The molecule has 2 amide bonds. The third-order valence-corrected chi connectivity index (χ3v) is 6.05. The molecule has 0 fully saturated rings. The predicted octanol–water partition coefficient (Wildman–Crippen LogP) is 2.37. The van der Waals surface area contributed by atoms with Crippen molar-refractivity contribution in [3.63, 3.8) is 0 Å². The van der Waals surface area contributed by atoms with Gasteiger partial charge in [0.2, 0.25) is 3.79 Å². The molecular formula is C25H15Cl5F2N7NaO5. The van der Waals surface area contributed by atoms with Crippen LogP contribution in [0.3, 0.4) is 0 Å². The van der Waals surface area contributed by atoms with Crippen molar-refractivity contribution < 1.29 is 62.9 Å². The van der Waals surface area contributed by atoms with Crippen molar-refractivity contribution in [3.05, 3.63) is 99.3 Å². The van der Waals surface area contributed by atoms with Crippen LogP contribution in [-0.4, -0.2) is 48.5 Å². The number of amides is 2. The first-order valence-corrected chi connectivity index (χ1v) is 13.4. The smallest absolute Gasteiger partial charge is 0.545 e. The Morgan fingerprint density at radius 3 is 2.24 bits per heavy atom. The van der Waals surface area contributed by atoms with Crippen LogP contribution in [0.4, 0.5) is 19.3 Å². The fourth-order valence-corrected chi connectivity index (χ4v) is 4.09. The maximum Gasteiger partial charge on any atom is 1.00 e. The van der Waals surface area contributed by atoms with Gasteiger partial charge in [0, 0.05) is 28.5 Å². The van der Waals surface area contributed by atoms with Gasteiger partial charge in [0.05, 0.1) is 28.1 Å².